The molecule has 0 aliphatic carbocycles. The number of hydrogen-bond donors (Lipinski definition) is 1. The lowest BCUT2D eigenvalue weighted by atomic mass is 10.1. The number of hydrogen-bond acceptors (Lipinski definition) is 4. The average molecular weight is 224 g/mol. The van der Waals surface area contributed by atoms with Crippen LogP contribution in [0.1, 0.15) is 50.0 Å². The van der Waals surface area contributed by atoms with Crippen LogP contribution in [0.4, 0.5) is 0 Å². The van der Waals surface area contributed by atoms with Crippen LogP contribution in [0.3, 0.4) is 0 Å². The van der Waals surface area contributed by atoms with Gasteiger partial charge in [-0.25, -0.2) is 4.68 Å². The molecular weight excluding hydrogens is 204 g/mol. The van der Waals surface area contributed by atoms with Gasteiger partial charge < -0.3 is 5.73 Å². The molecule has 1 aromatic heterocycles. The van der Waals surface area contributed by atoms with Gasteiger partial charge in [0, 0.05) is 19.0 Å². The second-order valence-electron chi connectivity index (χ2n) is 4.14. The van der Waals surface area contributed by atoms with E-state index in [4.69, 9.17) is 5.73 Å². The maximum absolute atomic E-state index is 11.8. The van der Waals surface area contributed by atoms with E-state index in [0.717, 1.165) is 25.8 Å². The van der Waals surface area contributed by atoms with Gasteiger partial charge in [-0.05, 0) is 26.2 Å². The molecule has 2 N–H and O–H groups in total. The van der Waals surface area contributed by atoms with Gasteiger partial charge in [0.25, 0.3) is 0 Å². The van der Waals surface area contributed by atoms with E-state index in [1.807, 2.05) is 13.8 Å². The first-order chi connectivity index (χ1) is 7.65. The number of aryl methyl sites for hydroxylation is 1. The van der Waals surface area contributed by atoms with Gasteiger partial charge in [-0.1, -0.05) is 12.1 Å². The number of carbonyl (C=O) groups excluding carboxylic acids is 1. The largest absolute Gasteiger partial charge is 0.328 e. The summed E-state index contributed by atoms with van der Waals surface area (Å²) in [5, 5.41) is 7.66. The molecule has 0 aliphatic heterocycles. The van der Waals surface area contributed by atoms with Gasteiger partial charge in [0.2, 0.25) is 0 Å². The summed E-state index contributed by atoms with van der Waals surface area (Å²) in [6.45, 7) is 4.74. The Hall–Kier alpha value is -1.23. The normalized spacial score (nSPS) is 12.7. The Morgan fingerprint density at radius 1 is 1.62 bits per heavy atom. The molecule has 0 aliphatic rings. The van der Waals surface area contributed by atoms with Crippen molar-refractivity contribution >= 4 is 5.78 Å². The van der Waals surface area contributed by atoms with E-state index in [9.17, 15) is 4.79 Å². The molecule has 16 heavy (non-hydrogen) atoms. The SMILES string of the molecule is CCCn1nncc1C(=O)CCCC(C)N. The van der Waals surface area contributed by atoms with Crippen molar-refractivity contribution < 1.29 is 4.79 Å². The van der Waals surface area contributed by atoms with Crippen molar-refractivity contribution in [2.24, 2.45) is 5.73 Å². The quantitative estimate of drug-likeness (QED) is 0.710. The van der Waals surface area contributed by atoms with Gasteiger partial charge in [0.05, 0.1) is 6.20 Å². The molecule has 0 aromatic carbocycles. The van der Waals surface area contributed by atoms with Crippen molar-refractivity contribution in [1.29, 1.82) is 0 Å². The van der Waals surface area contributed by atoms with Crippen LogP contribution in [0, 0.1) is 0 Å². The summed E-state index contributed by atoms with van der Waals surface area (Å²) in [4.78, 5) is 11.8. The molecule has 1 heterocycles. The van der Waals surface area contributed by atoms with Crippen LogP contribution >= 0.6 is 0 Å². The fraction of sp³-hybridized carbons (Fsp3) is 0.727. The Morgan fingerprint density at radius 3 is 3.00 bits per heavy atom. The highest BCUT2D eigenvalue weighted by Crippen LogP contribution is 2.07. The Morgan fingerprint density at radius 2 is 2.38 bits per heavy atom. The Balaban J connectivity index is 2.49. The fourth-order valence-corrected chi connectivity index (χ4v) is 1.56. The molecule has 1 atom stereocenters. The lowest BCUT2D eigenvalue weighted by molar-refractivity contribution is 0.0968. The highest BCUT2D eigenvalue weighted by atomic mass is 16.1. The lowest BCUT2D eigenvalue weighted by Crippen LogP contribution is -2.15. The molecule has 1 aromatic rings. The molecule has 5 nitrogen and oxygen atoms in total. The topological polar surface area (TPSA) is 73.8 Å². The van der Waals surface area contributed by atoms with Gasteiger partial charge in [0.1, 0.15) is 5.69 Å². The molecule has 0 amide bonds. The predicted octanol–water partition coefficient (Wildman–Crippen LogP) is 1.39. The van der Waals surface area contributed by atoms with Gasteiger partial charge in [-0.2, -0.15) is 0 Å². The summed E-state index contributed by atoms with van der Waals surface area (Å²) in [5.74, 6) is 0.110. The van der Waals surface area contributed by atoms with Gasteiger partial charge in [-0.3, -0.25) is 4.79 Å². The van der Waals surface area contributed by atoms with Gasteiger partial charge in [-0.15, -0.1) is 5.10 Å². The number of nitrogens with zero attached hydrogens (tertiary/aromatic N) is 3. The van der Waals surface area contributed by atoms with Crippen molar-refractivity contribution in [3.63, 3.8) is 0 Å². The maximum atomic E-state index is 11.8. The summed E-state index contributed by atoms with van der Waals surface area (Å²) < 4.78 is 1.67. The standard InChI is InChI=1S/C11H20N4O/c1-3-7-15-10(8-13-14-15)11(16)6-4-5-9(2)12/h8-9H,3-7,12H2,1-2H3. The zero-order valence-electron chi connectivity index (χ0n) is 10.0. The zero-order valence-corrected chi connectivity index (χ0v) is 10.0. The van der Waals surface area contributed by atoms with Crippen LogP contribution in [0.2, 0.25) is 0 Å². The smallest absolute Gasteiger partial charge is 0.182 e. The van der Waals surface area contributed by atoms with Crippen LogP contribution in [0.5, 0.6) is 0 Å². The minimum Gasteiger partial charge on any atom is -0.328 e. The summed E-state index contributed by atoms with van der Waals surface area (Å²) in [6.07, 6.45) is 4.72. The number of Topliss-reactive ketones (excluding diaryl/α,β-unsaturated/α-hetero) is 1. The number of aromatic nitrogens is 3. The third-order valence-corrected chi connectivity index (χ3v) is 2.40. The Kier molecular flexibility index (Phi) is 5.11. The van der Waals surface area contributed by atoms with Crippen molar-refractivity contribution in [3.05, 3.63) is 11.9 Å². The third-order valence-electron chi connectivity index (χ3n) is 2.40. The second kappa shape index (κ2) is 6.37. The minimum absolute atomic E-state index is 0.110. The number of nitrogens with two attached hydrogens (primary N) is 1. The molecule has 1 unspecified atom stereocenters. The predicted molar refractivity (Wildman–Crippen MR) is 62.1 cm³/mol. The van der Waals surface area contributed by atoms with Gasteiger partial charge >= 0.3 is 0 Å². The highest BCUT2D eigenvalue weighted by molar-refractivity contribution is 5.94. The average Bonchev–Trinajstić information content (AvgIpc) is 2.66. The first kappa shape index (κ1) is 12.8. The minimum atomic E-state index is 0.110. The third kappa shape index (κ3) is 3.73. The molecule has 5 heteroatoms. The maximum Gasteiger partial charge on any atom is 0.182 e. The molecule has 1 rings (SSSR count). The molecule has 90 valence electrons. The van der Waals surface area contributed by atoms with Crippen molar-refractivity contribution in [3.8, 4) is 0 Å². The number of rotatable bonds is 7. The monoisotopic (exact) mass is 224 g/mol. The summed E-state index contributed by atoms with van der Waals surface area (Å²) >= 11 is 0. The van der Waals surface area contributed by atoms with E-state index in [-0.39, 0.29) is 11.8 Å². The van der Waals surface area contributed by atoms with Crippen molar-refractivity contribution in [2.75, 3.05) is 0 Å². The lowest BCUT2D eigenvalue weighted by Gasteiger charge is -2.05. The van der Waals surface area contributed by atoms with E-state index in [1.54, 1.807) is 10.9 Å². The van der Waals surface area contributed by atoms with E-state index < -0.39 is 0 Å². The van der Waals surface area contributed by atoms with Crippen LogP contribution < -0.4 is 5.73 Å². The molecule has 0 saturated carbocycles. The van der Waals surface area contributed by atoms with E-state index in [2.05, 4.69) is 10.3 Å². The molecule has 0 radical (unpaired) electrons. The van der Waals surface area contributed by atoms with Crippen LogP contribution in [0.15, 0.2) is 6.20 Å². The van der Waals surface area contributed by atoms with E-state index in [1.165, 1.54) is 0 Å². The van der Waals surface area contributed by atoms with Crippen molar-refractivity contribution in [2.45, 2.75) is 52.1 Å². The molecular formula is C11H20N4O. The van der Waals surface area contributed by atoms with Crippen molar-refractivity contribution in [1.82, 2.24) is 15.0 Å². The second-order valence-corrected chi connectivity index (χ2v) is 4.14. The number of carbonyl (C=O) groups is 1. The summed E-state index contributed by atoms with van der Waals surface area (Å²) in [7, 11) is 0. The first-order valence-corrected chi connectivity index (χ1v) is 5.82. The van der Waals surface area contributed by atoms with E-state index >= 15 is 0 Å². The van der Waals surface area contributed by atoms with E-state index in [0.29, 0.717) is 12.1 Å². The summed E-state index contributed by atoms with van der Waals surface area (Å²) in [5.41, 5.74) is 6.25. The Bertz CT molecular complexity index is 332. The highest BCUT2D eigenvalue weighted by Gasteiger charge is 2.12. The summed E-state index contributed by atoms with van der Waals surface area (Å²) in [6, 6.07) is 0.159. The van der Waals surface area contributed by atoms with Crippen LogP contribution in [-0.4, -0.2) is 26.8 Å². The number of ketones is 1. The molecule has 0 fully saturated rings. The molecule has 0 saturated heterocycles. The first-order valence-electron chi connectivity index (χ1n) is 5.82. The molecule has 0 bridgehead atoms. The van der Waals surface area contributed by atoms with Crippen LogP contribution in [0.25, 0.3) is 0 Å². The van der Waals surface area contributed by atoms with Gasteiger partial charge in [0.15, 0.2) is 5.78 Å². The zero-order chi connectivity index (χ0) is 12.0. The fourth-order valence-electron chi connectivity index (χ4n) is 1.56. The molecule has 0 spiro atoms. The Labute approximate surface area is 96.0 Å². The van der Waals surface area contributed by atoms with Crippen LogP contribution in [-0.2, 0) is 6.54 Å².